The van der Waals surface area contributed by atoms with E-state index in [1.165, 1.54) is 6.42 Å². The van der Waals surface area contributed by atoms with Crippen molar-refractivity contribution in [1.82, 2.24) is 9.80 Å². The third kappa shape index (κ3) is 2.66. The van der Waals surface area contributed by atoms with Crippen molar-refractivity contribution < 1.29 is 0 Å². The lowest BCUT2D eigenvalue weighted by Crippen LogP contribution is -2.35. The highest BCUT2D eigenvalue weighted by atomic mass is 15.2. The van der Waals surface area contributed by atoms with Crippen LogP contribution in [0.15, 0.2) is 37.2 Å². The van der Waals surface area contributed by atoms with Crippen LogP contribution in [0.2, 0.25) is 0 Å². The van der Waals surface area contributed by atoms with Crippen molar-refractivity contribution >= 4 is 0 Å². The highest BCUT2D eigenvalue weighted by Gasteiger charge is 2.13. The van der Waals surface area contributed by atoms with Crippen LogP contribution in [0.3, 0.4) is 0 Å². The molecule has 0 bridgehead atoms. The van der Waals surface area contributed by atoms with E-state index in [0.717, 1.165) is 18.8 Å². The van der Waals surface area contributed by atoms with Gasteiger partial charge >= 0.3 is 0 Å². The van der Waals surface area contributed by atoms with Crippen LogP contribution in [-0.2, 0) is 0 Å². The van der Waals surface area contributed by atoms with Gasteiger partial charge in [0.2, 0.25) is 0 Å². The van der Waals surface area contributed by atoms with Gasteiger partial charge in [-0.3, -0.25) is 0 Å². The molecule has 2 nitrogen and oxygen atoms in total. The van der Waals surface area contributed by atoms with Crippen LogP contribution in [0.1, 0.15) is 13.3 Å². The Hall–Kier alpha value is -1.18. The van der Waals surface area contributed by atoms with E-state index in [1.807, 2.05) is 13.2 Å². The normalized spacial score (nSPS) is 17.7. The molecule has 14 heavy (non-hydrogen) atoms. The van der Waals surface area contributed by atoms with Gasteiger partial charge in [-0.2, -0.15) is 0 Å². The van der Waals surface area contributed by atoms with E-state index in [0.29, 0.717) is 6.04 Å². The van der Waals surface area contributed by atoms with Gasteiger partial charge in [0, 0.05) is 31.9 Å². The molecule has 2 heteroatoms. The van der Waals surface area contributed by atoms with E-state index >= 15 is 0 Å². The predicted octanol–water partition coefficient (Wildman–Crippen LogP) is 2.23. The molecule has 1 saturated heterocycles. The minimum absolute atomic E-state index is 0.380. The highest BCUT2D eigenvalue weighted by Crippen LogP contribution is 2.14. The van der Waals surface area contributed by atoms with Gasteiger partial charge in [0.05, 0.1) is 0 Å². The Bertz CT molecular complexity index is 239. The lowest BCUT2D eigenvalue weighted by Gasteiger charge is -2.33. The highest BCUT2D eigenvalue weighted by molar-refractivity contribution is 5.16. The van der Waals surface area contributed by atoms with Crippen molar-refractivity contribution in [3.63, 3.8) is 0 Å². The Balaban J connectivity index is 2.37. The largest absolute Gasteiger partial charge is 0.375 e. The zero-order valence-corrected chi connectivity index (χ0v) is 9.24. The molecule has 0 radical (unpaired) electrons. The van der Waals surface area contributed by atoms with E-state index in [9.17, 15) is 0 Å². The quantitative estimate of drug-likeness (QED) is 0.616. The summed E-state index contributed by atoms with van der Waals surface area (Å²) in [4.78, 5) is 4.36. The zero-order chi connectivity index (χ0) is 10.6. The van der Waals surface area contributed by atoms with E-state index < -0.39 is 0 Å². The molecule has 1 aliphatic heterocycles. The maximum Gasteiger partial charge on any atom is 0.0439 e. The number of allylic oxidation sites excluding steroid dienone is 1. The van der Waals surface area contributed by atoms with Crippen LogP contribution in [0.5, 0.6) is 0 Å². The van der Waals surface area contributed by atoms with Crippen molar-refractivity contribution in [2.45, 2.75) is 19.4 Å². The maximum atomic E-state index is 4.03. The molecule has 78 valence electrons. The van der Waals surface area contributed by atoms with Crippen molar-refractivity contribution in [2.75, 3.05) is 20.1 Å². The first kappa shape index (κ1) is 10.9. The fourth-order valence-electron chi connectivity index (χ4n) is 1.26. The molecule has 0 spiro atoms. The molecule has 1 atom stereocenters. The maximum absolute atomic E-state index is 4.03. The van der Waals surface area contributed by atoms with Gasteiger partial charge in [-0.05, 0) is 25.6 Å². The molecule has 0 aliphatic carbocycles. The molecular formula is C12H20N2. The Morgan fingerprint density at radius 2 is 2.14 bits per heavy atom. The molecule has 0 aromatic carbocycles. The van der Waals surface area contributed by atoms with Crippen molar-refractivity contribution in [2.24, 2.45) is 0 Å². The number of likely N-dealkylation sites (N-methyl/N-ethyl adjacent to an activating group) is 1. The number of hydrogen-bond acceptors (Lipinski definition) is 2. The van der Waals surface area contributed by atoms with E-state index in [4.69, 9.17) is 0 Å². The summed E-state index contributed by atoms with van der Waals surface area (Å²) < 4.78 is 0. The number of likely N-dealkylation sites (tertiary alicyclic amines) is 1. The van der Waals surface area contributed by atoms with Crippen LogP contribution >= 0.6 is 0 Å². The van der Waals surface area contributed by atoms with Gasteiger partial charge in [-0.25, -0.2) is 0 Å². The first-order chi connectivity index (χ1) is 6.65. The predicted molar refractivity (Wildman–Crippen MR) is 61.9 cm³/mol. The first-order valence-corrected chi connectivity index (χ1v) is 5.11. The molecule has 0 aromatic heterocycles. The minimum Gasteiger partial charge on any atom is -0.375 e. The number of rotatable bonds is 5. The SMILES string of the molecule is C=CN(C)C(C)/C=C\C(=C)N1CCC1. The molecule has 1 aliphatic rings. The van der Waals surface area contributed by atoms with Gasteiger partial charge in [0.1, 0.15) is 0 Å². The van der Waals surface area contributed by atoms with Crippen molar-refractivity contribution in [3.05, 3.63) is 37.2 Å². The smallest absolute Gasteiger partial charge is 0.0439 e. The van der Waals surface area contributed by atoms with Crippen LogP contribution in [0, 0.1) is 0 Å². The summed E-state index contributed by atoms with van der Waals surface area (Å²) in [5.74, 6) is 0. The number of nitrogens with zero attached hydrogens (tertiary/aromatic N) is 2. The Labute approximate surface area is 87.2 Å². The van der Waals surface area contributed by atoms with E-state index in [-0.39, 0.29) is 0 Å². The fraction of sp³-hybridized carbons (Fsp3) is 0.500. The lowest BCUT2D eigenvalue weighted by atomic mass is 10.2. The van der Waals surface area contributed by atoms with E-state index in [2.05, 4.69) is 42.0 Å². The molecule has 1 unspecified atom stereocenters. The number of hydrogen-bond donors (Lipinski definition) is 0. The summed E-state index contributed by atoms with van der Waals surface area (Å²) in [7, 11) is 2.02. The molecule has 0 saturated carbocycles. The van der Waals surface area contributed by atoms with Crippen LogP contribution < -0.4 is 0 Å². The summed E-state index contributed by atoms with van der Waals surface area (Å²) in [6.45, 7) is 12.2. The second-order valence-corrected chi connectivity index (χ2v) is 3.78. The van der Waals surface area contributed by atoms with Gasteiger partial charge in [0.25, 0.3) is 0 Å². The lowest BCUT2D eigenvalue weighted by molar-refractivity contribution is 0.247. The van der Waals surface area contributed by atoms with Crippen molar-refractivity contribution in [1.29, 1.82) is 0 Å². The summed E-state index contributed by atoms with van der Waals surface area (Å²) in [6.07, 6.45) is 7.39. The zero-order valence-electron chi connectivity index (χ0n) is 9.24. The topological polar surface area (TPSA) is 6.48 Å². The molecule has 1 rings (SSSR count). The monoisotopic (exact) mass is 192 g/mol. The van der Waals surface area contributed by atoms with Crippen LogP contribution in [-0.4, -0.2) is 36.0 Å². The third-order valence-corrected chi connectivity index (χ3v) is 2.76. The third-order valence-electron chi connectivity index (χ3n) is 2.76. The van der Waals surface area contributed by atoms with Gasteiger partial charge < -0.3 is 9.80 Å². The Kier molecular flexibility index (Phi) is 3.81. The molecule has 0 amide bonds. The average Bonchev–Trinajstić information content (AvgIpc) is 2.10. The molecule has 1 heterocycles. The van der Waals surface area contributed by atoms with E-state index in [1.54, 1.807) is 0 Å². The van der Waals surface area contributed by atoms with Gasteiger partial charge in [-0.15, -0.1) is 0 Å². The minimum atomic E-state index is 0.380. The molecular weight excluding hydrogens is 172 g/mol. The second kappa shape index (κ2) is 4.89. The fourth-order valence-corrected chi connectivity index (χ4v) is 1.26. The van der Waals surface area contributed by atoms with Gasteiger partial charge in [0.15, 0.2) is 0 Å². The van der Waals surface area contributed by atoms with Gasteiger partial charge in [-0.1, -0.05) is 19.2 Å². The molecule has 0 aromatic rings. The summed E-state index contributed by atoms with van der Waals surface area (Å²) in [5, 5.41) is 0. The summed E-state index contributed by atoms with van der Waals surface area (Å²) in [6, 6.07) is 0.380. The van der Waals surface area contributed by atoms with Crippen LogP contribution in [0.25, 0.3) is 0 Å². The van der Waals surface area contributed by atoms with Crippen LogP contribution in [0.4, 0.5) is 0 Å². The standard InChI is InChI=1S/C12H20N2/c1-5-13(4)11(2)7-8-12(3)14-9-6-10-14/h5,7-8,11H,1,3,6,9-10H2,2,4H3/b8-7-. The van der Waals surface area contributed by atoms with Crippen molar-refractivity contribution in [3.8, 4) is 0 Å². The first-order valence-electron chi connectivity index (χ1n) is 5.11. The average molecular weight is 192 g/mol. The molecule has 1 fully saturated rings. The summed E-state index contributed by atoms with van der Waals surface area (Å²) >= 11 is 0. The Morgan fingerprint density at radius 1 is 1.50 bits per heavy atom. The Morgan fingerprint density at radius 3 is 2.57 bits per heavy atom. The molecule has 0 N–H and O–H groups in total. The second-order valence-electron chi connectivity index (χ2n) is 3.78. The summed E-state index contributed by atoms with van der Waals surface area (Å²) in [5.41, 5.74) is 1.13.